The number of hydrogen-bond acceptors (Lipinski definition) is 6. The summed E-state index contributed by atoms with van der Waals surface area (Å²) >= 11 is 0. The van der Waals surface area contributed by atoms with Crippen molar-refractivity contribution in [1.29, 1.82) is 5.26 Å². The predicted molar refractivity (Wildman–Crippen MR) is 93.4 cm³/mol. The van der Waals surface area contributed by atoms with Crippen LogP contribution in [0.15, 0.2) is 15.7 Å². The van der Waals surface area contributed by atoms with Crippen molar-refractivity contribution in [3.8, 4) is 6.07 Å². The maximum absolute atomic E-state index is 14.6. The van der Waals surface area contributed by atoms with Crippen LogP contribution in [0.4, 0.5) is 10.2 Å². The molecule has 1 saturated carbocycles. The fraction of sp³-hybridized carbons (Fsp3) is 0.529. The van der Waals surface area contributed by atoms with Gasteiger partial charge in [-0.3, -0.25) is 14.3 Å². The molecule has 2 aromatic heterocycles. The molecular formula is C17H19FN6O2. The van der Waals surface area contributed by atoms with Crippen molar-refractivity contribution < 1.29 is 4.39 Å². The molecule has 4 rings (SSSR count). The Labute approximate surface area is 148 Å². The molecule has 2 aromatic rings. The molecule has 1 saturated heterocycles. The quantitative estimate of drug-likeness (QED) is 0.827. The van der Waals surface area contributed by atoms with E-state index >= 15 is 0 Å². The Morgan fingerprint density at radius 3 is 2.88 bits per heavy atom. The largest absolute Gasteiger partial charge is 0.354 e. The number of fused-ring (bicyclic) bond motifs is 1. The highest BCUT2D eigenvalue weighted by Gasteiger charge is 2.30. The second kappa shape index (κ2) is 6.21. The van der Waals surface area contributed by atoms with E-state index in [-0.39, 0.29) is 28.8 Å². The average molecular weight is 358 g/mol. The predicted octanol–water partition coefficient (Wildman–Crippen LogP) is 0.626. The molecule has 9 heteroatoms. The number of nitriles is 1. The normalized spacial score (nSPS) is 21.1. The second-order valence-corrected chi connectivity index (χ2v) is 7.10. The van der Waals surface area contributed by atoms with E-state index < -0.39 is 23.1 Å². The van der Waals surface area contributed by atoms with Crippen LogP contribution in [0.2, 0.25) is 0 Å². The summed E-state index contributed by atoms with van der Waals surface area (Å²) in [7, 11) is 0. The van der Waals surface area contributed by atoms with Crippen LogP contribution in [0.1, 0.15) is 31.7 Å². The lowest BCUT2D eigenvalue weighted by atomic mass is 10.0. The van der Waals surface area contributed by atoms with Gasteiger partial charge in [-0.2, -0.15) is 5.26 Å². The summed E-state index contributed by atoms with van der Waals surface area (Å²) in [6, 6.07) is 2.64. The molecule has 0 bridgehead atoms. The number of nitrogens with zero attached hydrogens (tertiary/aromatic N) is 4. The number of H-pyrrole nitrogens is 1. The van der Waals surface area contributed by atoms with Crippen LogP contribution in [-0.2, 0) is 0 Å². The molecule has 0 amide bonds. The van der Waals surface area contributed by atoms with Crippen LogP contribution in [-0.4, -0.2) is 33.7 Å². The SMILES string of the molecule is N#CC(N)CC1CCN(c2nc3c(cc2F)c(=O)[nH]c(=O)n3C2CC2)C1. The van der Waals surface area contributed by atoms with Gasteiger partial charge in [-0.05, 0) is 37.7 Å². The van der Waals surface area contributed by atoms with Crippen LogP contribution < -0.4 is 21.9 Å². The van der Waals surface area contributed by atoms with Crippen molar-refractivity contribution in [2.45, 2.75) is 37.8 Å². The second-order valence-electron chi connectivity index (χ2n) is 7.10. The third-order valence-electron chi connectivity index (χ3n) is 5.10. The molecule has 0 radical (unpaired) electrons. The average Bonchev–Trinajstić information content (AvgIpc) is 3.33. The molecule has 0 aromatic carbocycles. The van der Waals surface area contributed by atoms with E-state index in [1.165, 1.54) is 4.57 Å². The van der Waals surface area contributed by atoms with E-state index in [2.05, 4.69) is 9.97 Å². The summed E-state index contributed by atoms with van der Waals surface area (Å²) in [5.41, 5.74) is 4.79. The van der Waals surface area contributed by atoms with Gasteiger partial charge in [0.2, 0.25) is 0 Å². The van der Waals surface area contributed by atoms with Crippen LogP contribution in [0.3, 0.4) is 0 Å². The van der Waals surface area contributed by atoms with E-state index in [0.29, 0.717) is 19.5 Å². The number of pyridine rings is 1. The van der Waals surface area contributed by atoms with Gasteiger partial charge in [-0.1, -0.05) is 0 Å². The van der Waals surface area contributed by atoms with Gasteiger partial charge in [0.25, 0.3) is 5.56 Å². The minimum Gasteiger partial charge on any atom is -0.354 e. The lowest BCUT2D eigenvalue weighted by Crippen LogP contribution is -2.31. The highest BCUT2D eigenvalue weighted by atomic mass is 19.1. The minimum atomic E-state index is -0.626. The number of halogens is 1. The molecule has 0 spiro atoms. The third kappa shape index (κ3) is 2.86. The van der Waals surface area contributed by atoms with Gasteiger partial charge < -0.3 is 10.6 Å². The van der Waals surface area contributed by atoms with Gasteiger partial charge in [-0.25, -0.2) is 14.2 Å². The Kier molecular flexibility index (Phi) is 4.00. The molecule has 2 aliphatic rings. The van der Waals surface area contributed by atoms with Crippen molar-refractivity contribution in [1.82, 2.24) is 14.5 Å². The molecule has 2 fully saturated rings. The molecule has 136 valence electrons. The van der Waals surface area contributed by atoms with Crippen molar-refractivity contribution in [3.05, 3.63) is 32.7 Å². The smallest absolute Gasteiger partial charge is 0.330 e. The molecule has 1 aliphatic carbocycles. The Morgan fingerprint density at radius 2 is 2.19 bits per heavy atom. The number of nitrogens with two attached hydrogens (primary N) is 1. The first-order valence-corrected chi connectivity index (χ1v) is 8.73. The van der Waals surface area contributed by atoms with Gasteiger partial charge in [-0.15, -0.1) is 0 Å². The first-order chi connectivity index (χ1) is 12.5. The first kappa shape index (κ1) is 16.7. The molecule has 3 heterocycles. The lowest BCUT2D eigenvalue weighted by molar-refractivity contribution is 0.509. The highest BCUT2D eigenvalue weighted by molar-refractivity contribution is 5.76. The summed E-state index contributed by atoms with van der Waals surface area (Å²) < 4.78 is 16.1. The monoisotopic (exact) mass is 358 g/mol. The van der Waals surface area contributed by atoms with Gasteiger partial charge in [0.15, 0.2) is 17.3 Å². The topological polar surface area (TPSA) is 121 Å². The zero-order valence-corrected chi connectivity index (χ0v) is 14.1. The van der Waals surface area contributed by atoms with Crippen molar-refractivity contribution >= 4 is 16.9 Å². The van der Waals surface area contributed by atoms with E-state index in [4.69, 9.17) is 11.0 Å². The molecule has 3 N–H and O–H groups in total. The van der Waals surface area contributed by atoms with Crippen molar-refractivity contribution in [2.75, 3.05) is 18.0 Å². The van der Waals surface area contributed by atoms with Crippen molar-refractivity contribution in [3.63, 3.8) is 0 Å². The van der Waals surface area contributed by atoms with Crippen molar-refractivity contribution in [2.24, 2.45) is 11.7 Å². The van der Waals surface area contributed by atoms with E-state index in [1.54, 1.807) is 4.90 Å². The van der Waals surface area contributed by atoms with Gasteiger partial charge in [0, 0.05) is 19.1 Å². The number of anilines is 1. The molecule has 1 aliphatic heterocycles. The maximum atomic E-state index is 14.6. The number of nitrogens with one attached hydrogen (secondary N) is 1. The van der Waals surface area contributed by atoms with Crippen LogP contribution in [0.5, 0.6) is 0 Å². The fourth-order valence-electron chi connectivity index (χ4n) is 3.66. The summed E-state index contributed by atoms with van der Waals surface area (Å²) in [4.78, 5) is 32.6. The Bertz CT molecular complexity index is 1020. The Balaban J connectivity index is 1.74. The zero-order chi connectivity index (χ0) is 18.4. The first-order valence-electron chi connectivity index (χ1n) is 8.73. The standard InChI is InChI=1S/C17H19FN6O2/c18-13-6-12-14(24(11-1-2-11)17(26)22-16(12)25)21-15(13)23-4-3-9(8-23)5-10(20)7-19/h6,9-11H,1-5,8,20H2,(H,22,25,26). The van der Waals surface area contributed by atoms with E-state index in [0.717, 1.165) is 25.3 Å². The fourth-order valence-corrected chi connectivity index (χ4v) is 3.66. The molecular weight excluding hydrogens is 339 g/mol. The van der Waals surface area contributed by atoms with Crippen LogP contribution in [0.25, 0.3) is 11.0 Å². The summed E-state index contributed by atoms with van der Waals surface area (Å²) in [6.45, 7) is 1.14. The van der Waals surface area contributed by atoms with Crippen LogP contribution in [0, 0.1) is 23.1 Å². The lowest BCUT2D eigenvalue weighted by Gasteiger charge is -2.19. The van der Waals surface area contributed by atoms with Crippen LogP contribution >= 0.6 is 0 Å². The zero-order valence-electron chi connectivity index (χ0n) is 14.1. The molecule has 8 nitrogen and oxygen atoms in total. The number of aromatic amines is 1. The van der Waals surface area contributed by atoms with Gasteiger partial charge >= 0.3 is 5.69 Å². The highest BCUT2D eigenvalue weighted by Crippen LogP contribution is 2.35. The number of rotatable bonds is 4. The molecule has 2 unspecified atom stereocenters. The summed E-state index contributed by atoms with van der Waals surface area (Å²) in [5, 5.41) is 8.94. The summed E-state index contributed by atoms with van der Waals surface area (Å²) in [5.74, 6) is -0.259. The van der Waals surface area contributed by atoms with E-state index in [1.807, 2.05) is 6.07 Å². The van der Waals surface area contributed by atoms with Gasteiger partial charge in [0.1, 0.15) is 0 Å². The Hall–Kier alpha value is -2.73. The number of hydrogen-bond donors (Lipinski definition) is 2. The molecule has 2 atom stereocenters. The maximum Gasteiger partial charge on any atom is 0.330 e. The Morgan fingerprint density at radius 1 is 1.42 bits per heavy atom. The third-order valence-corrected chi connectivity index (χ3v) is 5.10. The van der Waals surface area contributed by atoms with E-state index in [9.17, 15) is 14.0 Å². The molecule has 26 heavy (non-hydrogen) atoms. The minimum absolute atomic E-state index is 0.00705. The van der Waals surface area contributed by atoms with Gasteiger partial charge in [0.05, 0.1) is 17.5 Å². The summed E-state index contributed by atoms with van der Waals surface area (Å²) in [6.07, 6.45) is 3.02. The number of aromatic nitrogens is 3.